The molecule has 1 rings (SSSR count). The molecule has 23 heavy (non-hydrogen) atoms. The van der Waals surface area contributed by atoms with Crippen molar-refractivity contribution >= 4 is 5.97 Å². The molecule has 0 N–H and O–H groups in total. The third-order valence-corrected chi connectivity index (χ3v) is 2.80. The summed E-state index contributed by atoms with van der Waals surface area (Å²) in [5, 5.41) is 0. The predicted octanol–water partition coefficient (Wildman–Crippen LogP) is 3.62. The summed E-state index contributed by atoms with van der Waals surface area (Å²) in [6, 6.07) is 7.77. The summed E-state index contributed by atoms with van der Waals surface area (Å²) in [5.74, 6) is -0.359. The summed E-state index contributed by atoms with van der Waals surface area (Å²) in [6.45, 7) is 10.8. The number of benzene rings is 1. The Morgan fingerprint density at radius 2 is 1.61 bits per heavy atom. The van der Waals surface area contributed by atoms with Crippen LogP contribution < -0.4 is 0 Å². The summed E-state index contributed by atoms with van der Waals surface area (Å²) in [5.41, 5.74) is 1.45. The molecule has 0 saturated carbocycles. The van der Waals surface area contributed by atoms with Gasteiger partial charge in [0.05, 0.1) is 6.61 Å². The van der Waals surface area contributed by atoms with Crippen molar-refractivity contribution in [3.8, 4) is 0 Å². The Morgan fingerprint density at radius 3 is 2.09 bits per heavy atom. The normalized spacial score (nSPS) is 11.7. The van der Waals surface area contributed by atoms with Gasteiger partial charge in [-0.3, -0.25) is 0 Å². The van der Waals surface area contributed by atoms with E-state index in [1.807, 2.05) is 58.9 Å². The third-order valence-electron chi connectivity index (χ3n) is 2.80. The molecule has 0 bridgehead atoms. The van der Waals surface area contributed by atoms with Crippen LogP contribution in [0.1, 0.15) is 52.0 Å². The van der Waals surface area contributed by atoms with Gasteiger partial charge in [-0.2, -0.15) is 0 Å². The first-order valence-electron chi connectivity index (χ1n) is 7.97. The van der Waals surface area contributed by atoms with Crippen LogP contribution in [0.25, 0.3) is 0 Å². The smallest absolute Gasteiger partial charge is 0.332 e. The molecule has 5 heteroatoms. The summed E-state index contributed by atoms with van der Waals surface area (Å²) in [6.07, 6.45) is -0.346. The number of hydrogen-bond donors (Lipinski definition) is 0. The van der Waals surface area contributed by atoms with E-state index in [0.717, 1.165) is 11.1 Å². The molecule has 0 heterocycles. The SMILES string of the molecule is CCOC(OCC)c1ccc(COCC(=O)OC(C)(C)C)cc1. The summed E-state index contributed by atoms with van der Waals surface area (Å²) in [7, 11) is 0. The van der Waals surface area contributed by atoms with E-state index in [2.05, 4.69) is 0 Å². The largest absolute Gasteiger partial charge is 0.458 e. The lowest BCUT2D eigenvalue weighted by molar-refractivity contribution is -0.160. The molecule has 0 spiro atoms. The van der Waals surface area contributed by atoms with Gasteiger partial charge in [0.2, 0.25) is 0 Å². The molecule has 0 aliphatic heterocycles. The highest BCUT2D eigenvalue weighted by atomic mass is 16.7. The zero-order chi connectivity index (χ0) is 17.3. The molecule has 0 unspecified atom stereocenters. The minimum absolute atomic E-state index is 0.0560. The van der Waals surface area contributed by atoms with E-state index < -0.39 is 5.60 Å². The van der Waals surface area contributed by atoms with Crippen LogP contribution in [0, 0.1) is 0 Å². The first kappa shape index (κ1) is 19.6. The van der Waals surface area contributed by atoms with Gasteiger partial charge < -0.3 is 18.9 Å². The monoisotopic (exact) mass is 324 g/mol. The molecule has 0 fully saturated rings. The topological polar surface area (TPSA) is 54.0 Å². The van der Waals surface area contributed by atoms with Crippen molar-refractivity contribution in [2.75, 3.05) is 19.8 Å². The van der Waals surface area contributed by atoms with E-state index in [9.17, 15) is 4.79 Å². The minimum Gasteiger partial charge on any atom is -0.458 e. The highest BCUT2D eigenvalue weighted by Crippen LogP contribution is 2.19. The Bertz CT molecular complexity index is 455. The van der Waals surface area contributed by atoms with E-state index >= 15 is 0 Å². The van der Waals surface area contributed by atoms with Gasteiger partial charge in [-0.1, -0.05) is 24.3 Å². The average Bonchev–Trinajstić information content (AvgIpc) is 2.46. The Morgan fingerprint density at radius 1 is 1.04 bits per heavy atom. The van der Waals surface area contributed by atoms with Gasteiger partial charge in [-0.15, -0.1) is 0 Å². The Labute approximate surface area is 138 Å². The van der Waals surface area contributed by atoms with Crippen molar-refractivity contribution in [2.45, 2.75) is 53.1 Å². The van der Waals surface area contributed by atoms with E-state index in [1.54, 1.807) is 0 Å². The second-order valence-corrected chi connectivity index (χ2v) is 6.06. The molecular weight excluding hydrogens is 296 g/mol. The second kappa shape index (κ2) is 9.65. The van der Waals surface area contributed by atoms with E-state index in [1.165, 1.54) is 0 Å². The predicted molar refractivity (Wildman–Crippen MR) is 87.9 cm³/mol. The number of hydrogen-bond acceptors (Lipinski definition) is 5. The van der Waals surface area contributed by atoms with Crippen molar-refractivity contribution < 1.29 is 23.7 Å². The van der Waals surface area contributed by atoms with Crippen LogP contribution in [-0.4, -0.2) is 31.4 Å². The second-order valence-electron chi connectivity index (χ2n) is 6.06. The van der Waals surface area contributed by atoms with Crippen molar-refractivity contribution in [2.24, 2.45) is 0 Å². The summed E-state index contributed by atoms with van der Waals surface area (Å²) in [4.78, 5) is 11.6. The zero-order valence-corrected chi connectivity index (χ0v) is 14.8. The summed E-state index contributed by atoms with van der Waals surface area (Å²) < 4.78 is 21.7. The molecule has 0 atom stereocenters. The zero-order valence-electron chi connectivity index (χ0n) is 14.8. The lowest BCUT2D eigenvalue weighted by Crippen LogP contribution is -2.26. The standard InChI is InChI=1S/C18H28O5/c1-6-21-17(22-7-2)15-10-8-14(9-11-15)12-20-13-16(19)23-18(3,4)5/h8-11,17H,6-7,12-13H2,1-5H3. The molecule has 0 amide bonds. The quantitative estimate of drug-likeness (QED) is 0.513. The van der Waals surface area contributed by atoms with E-state index in [4.69, 9.17) is 18.9 Å². The first-order chi connectivity index (χ1) is 10.9. The van der Waals surface area contributed by atoms with Gasteiger partial charge in [0, 0.05) is 18.8 Å². The Hall–Kier alpha value is -1.43. The fraction of sp³-hybridized carbons (Fsp3) is 0.611. The highest BCUT2D eigenvalue weighted by molar-refractivity contribution is 5.71. The highest BCUT2D eigenvalue weighted by Gasteiger charge is 2.16. The lowest BCUT2D eigenvalue weighted by atomic mass is 10.1. The number of carbonyl (C=O) groups is 1. The van der Waals surface area contributed by atoms with Gasteiger partial charge in [0.25, 0.3) is 0 Å². The van der Waals surface area contributed by atoms with Crippen molar-refractivity contribution in [3.05, 3.63) is 35.4 Å². The third kappa shape index (κ3) is 8.11. The number of rotatable bonds is 9. The van der Waals surface area contributed by atoms with Gasteiger partial charge in [-0.05, 0) is 40.2 Å². The molecule has 1 aromatic rings. The molecule has 0 radical (unpaired) electrons. The Kier molecular flexibility index (Phi) is 8.23. The van der Waals surface area contributed by atoms with Crippen LogP contribution in [0.3, 0.4) is 0 Å². The van der Waals surface area contributed by atoms with Gasteiger partial charge in [0.1, 0.15) is 12.2 Å². The molecule has 130 valence electrons. The molecule has 0 saturated heterocycles. The van der Waals surface area contributed by atoms with Gasteiger partial charge in [-0.25, -0.2) is 4.79 Å². The maximum Gasteiger partial charge on any atom is 0.332 e. The maximum absolute atomic E-state index is 11.6. The maximum atomic E-state index is 11.6. The minimum atomic E-state index is -0.490. The molecule has 1 aromatic carbocycles. The number of esters is 1. The van der Waals surface area contributed by atoms with Gasteiger partial charge >= 0.3 is 5.97 Å². The molecule has 0 aliphatic rings. The fourth-order valence-electron chi connectivity index (χ4n) is 1.94. The van der Waals surface area contributed by atoms with Crippen LogP contribution in [0.5, 0.6) is 0 Å². The fourth-order valence-corrected chi connectivity index (χ4v) is 1.94. The van der Waals surface area contributed by atoms with Crippen LogP contribution >= 0.6 is 0 Å². The lowest BCUT2D eigenvalue weighted by Gasteiger charge is -2.19. The van der Waals surface area contributed by atoms with Gasteiger partial charge in [0.15, 0.2) is 6.29 Å². The molecule has 5 nitrogen and oxygen atoms in total. The number of ether oxygens (including phenoxy) is 4. The molecule has 0 aromatic heterocycles. The van der Waals surface area contributed by atoms with Crippen LogP contribution in [-0.2, 0) is 30.3 Å². The van der Waals surface area contributed by atoms with Crippen LogP contribution in [0.2, 0.25) is 0 Å². The summed E-state index contributed by atoms with van der Waals surface area (Å²) >= 11 is 0. The Balaban J connectivity index is 2.46. The van der Waals surface area contributed by atoms with Crippen molar-refractivity contribution in [1.29, 1.82) is 0 Å². The molecular formula is C18H28O5. The van der Waals surface area contributed by atoms with Crippen LogP contribution in [0.4, 0.5) is 0 Å². The molecule has 0 aliphatic carbocycles. The van der Waals surface area contributed by atoms with Crippen molar-refractivity contribution in [1.82, 2.24) is 0 Å². The van der Waals surface area contributed by atoms with E-state index in [-0.39, 0.29) is 18.9 Å². The average molecular weight is 324 g/mol. The number of carbonyl (C=O) groups excluding carboxylic acids is 1. The van der Waals surface area contributed by atoms with E-state index in [0.29, 0.717) is 19.8 Å². The van der Waals surface area contributed by atoms with Crippen LogP contribution in [0.15, 0.2) is 24.3 Å². The first-order valence-corrected chi connectivity index (χ1v) is 7.97. The van der Waals surface area contributed by atoms with Crippen molar-refractivity contribution in [3.63, 3.8) is 0 Å².